The Hall–Kier alpha value is -2.08. The summed E-state index contributed by atoms with van der Waals surface area (Å²) in [6.07, 6.45) is 1.54. The molecule has 0 bridgehead atoms. The molecule has 5 nitrogen and oxygen atoms in total. The topological polar surface area (TPSA) is 59.8 Å². The number of ether oxygens (including phenoxy) is 1. The maximum absolute atomic E-state index is 11.9. The number of carbonyl (C=O) groups is 2. The Balaban J connectivity index is 1.83. The third-order valence-corrected chi connectivity index (χ3v) is 3.33. The highest BCUT2D eigenvalue weighted by Crippen LogP contribution is 2.11. The Morgan fingerprint density at radius 2 is 1.95 bits per heavy atom. The van der Waals surface area contributed by atoms with Crippen LogP contribution in [0.25, 0.3) is 0 Å². The van der Waals surface area contributed by atoms with Gasteiger partial charge in [-0.2, -0.15) is 0 Å². The molecule has 1 heterocycles. The number of hydrogen-bond donors (Lipinski definition) is 0. The summed E-state index contributed by atoms with van der Waals surface area (Å²) < 4.78 is 11.0. The van der Waals surface area contributed by atoms with E-state index in [4.69, 9.17) is 9.15 Å². The van der Waals surface area contributed by atoms with Gasteiger partial charge in [0.05, 0.1) is 18.4 Å². The number of furan rings is 1. The van der Waals surface area contributed by atoms with Gasteiger partial charge in [-0.1, -0.05) is 15.9 Å². The molecule has 0 atom stereocenters. The van der Waals surface area contributed by atoms with Gasteiger partial charge in [0, 0.05) is 11.5 Å². The van der Waals surface area contributed by atoms with Crippen molar-refractivity contribution in [2.45, 2.75) is 6.54 Å². The summed E-state index contributed by atoms with van der Waals surface area (Å²) in [5.41, 5.74) is 0.402. The molecule has 0 saturated heterocycles. The standard InChI is InChI=1S/C15H14BrNO4/c1-17(9-13-3-2-8-20-13)14(18)10-21-15(19)11-4-6-12(16)7-5-11/h2-8H,9-10H2,1H3. The summed E-state index contributed by atoms with van der Waals surface area (Å²) >= 11 is 3.28. The minimum atomic E-state index is -0.526. The van der Waals surface area contributed by atoms with Crippen LogP contribution in [0.2, 0.25) is 0 Å². The molecule has 1 aromatic heterocycles. The quantitative estimate of drug-likeness (QED) is 0.777. The van der Waals surface area contributed by atoms with Gasteiger partial charge in [-0.15, -0.1) is 0 Å². The predicted octanol–water partition coefficient (Wildman–Crippen LogP) is 2.86. The predicted molar refractivity (Wildman–Crippen MR) is 79.6 cm³/mol. The SMILES string of the molecule is CN(Cc1ccco1)C(=O)COC(=O)c1ccc(Br)cc1. The van der Waals surface area contributed by atoms with Gasteiger partial charge in [0.2, 0.25) is 0 Å². The van der Waals surface area contributed by atoms with Crippen LogP contribution in [0.1, 0.15) is 16.1 Å². The summed E-state index contributed by atoms with van der Waals surface area (Å²) in [7, 11) is 1.62. The van der Waals surface area contributed by atoms with E-state index < -0.39 is 5.97 Å². The van der Waals surface area contributed by atoms with Gasteiger partial charge in [-0.25, -0.2) is 4.79 Å². The van der Waals surface area contributed by atoms with Crippen LogP contribution in [0.3, 0.4) is 0 Å². The van der Waals surface area contributed by atoms with Crippen molar-refractivity contribution in [2.24, 2.45) is 0 Å². The van der Waals surface area contributed by atoms with Crippen LogP contribution in [0.4, 0.5) is 0 Å². The largest absolute Gasteiger partial charge is 0.467 e. The lowest BCUT2D eigenvalue weighted by molar-refractivity contribution is -0.133. The van der Waals surface area contributed by atoms with Crippen LogP contribution in [-0.4, -0.2) is 30.4 Å². The third kappa shape index (κ3) is 4.46. The minimum absolute atomic E-state index is 0.295. The first-order valence-electron chi connectivity index (χ1n) is 6.25. The van der Waals surface area contributed by atoms with Crippen molar-refractivity contribution < 1.29 is 18.7 Å². The molecule has 0 aliphatic rings. The number of halogens is 1. The third-order valence-electron chi connectivity index (χ3n) is 2.81. The smallest absolute Gasteiger partial charge is 0.338 e. The van der Waals surface area contributed by atoms with E-state index in [2.05, 4.69) is 15.9 Å². The Labute approximate surface area is 130 Å². The van der Waals surface area contributed by atoms with Gasteiger partial charge in [-0.05, 0) is 36.4 Å². The lowest BCUT2D eigenvalue weighted by Gasteiger charge is -2.15. The summed E-state index contributed by atoms with van der Waals surface area (Å²) in [6.45, 7) is 0.0355. The average molecular weight is 352 g/mol. The highest BCUT2D eigenvalue weighted by Gasteiger charge is 2.14. The molecular weight excluding hydrogens is 338 g/mol. The fraction of sp³-hybridized carbons (Fsp3) is 0.200. The van der Waals surface area contributed by atoms with E-state index >= 15 is 0 Å². The first kappa shape index (κ1) is 15.3. The van der Waals surface area contributed by atoms with Crippen LogP contribution < -0.4 is 0 Å². The van der Waals surface area contributed by atoms with Crippen LogP contribution in [0.15, 0.2) is 51.6 Å². The lowest BCUT2D eigenvalue weighted by atomic mass is 10.2. The zero-order chi connectivity index (χ0) is 15.2. The molecule has 0 spiro atoms. The zero-order valence-corrected chi connectivity index (χ0v) is 13.0. The van der Waals surface area contributed by atoms with Gasteiger partial charge in [0.1, 0.15) is 5.76 Å². The molecule has 2 rings (SSSR count). The molecule has 0 aliphatic heterocycles. The van der Waals surface area contributed by atoms with Gasteiger partial charge >= 0.3 is 5.97 Å². The van der Waals surface area contributed by atoms with Crippen molar-refractivity contribution in [1.29, 1.82) is 0 Å². The van der Waals surface area contributed by atoms with E-state index in [9.17, 15) is 9.59 Å². The molecule has 1 aromatic carbocycles. The molecule has 21 heavy (non-hydrogen) atoms. The maximum atomic E-state index is 11.9. The normalized spacial score (nSPS) is 10.2. The van der Waals surface area contributed by atoms with E-state index in [1.807, 2.05) is 0 Å². The molecule has 0 fully saturated rings. The molecule has 0 N–H and O–H groups in total. The maximum Gasteiger partial charge on any atom is 0.338 e. The zero-order valence-electron chi connectivity index (χ0n) is 11.4. The molecule has 0 unspecified atom stereocenters. The molecule has 0 aliphatic carbocycles. The second kappa shape index (κ2) is 7.08. The first-order chi connectivity index (χ1) is 10.1. The number of rotatable bonds is 5. The summed E-state index contributed by atoms with van der Waals surface area (Å²) in [5.74, 6) is -0.149. The van der Waals surface area contributed by atoms with E-state index in [1.54, 1.807) is 49.7 Å². The molecule has 1 amide bonds. The number of likely N-dealkylation sites (N-methyl/N-ethyl adjacent to an activating group) is 1. The summed E-state index contributed by atoms with van der Waals surface area (Å²) in [4.78, 5) is 25.1. The van der Waals surface area contributed by atoms with Crippen molar-refractivity contribution in [1.82, 2.24) is 4.90 Å². The van der Waals surface area contributed by atoms with Crippen molar-refractivity contribution in [3.05, 3.63) is 58.5 Å². The minimum Gasteiger partial charge on any atom is -0.467 e. The molecular formula is C15H14BrNO4. The molecule has 0 radical (unpaired) electrons. The molecule has 6 heteroatoms. The Morgan fingerprint density at radius 1 is 1.24 bits per heavy atom. The van der Waals surface area contributed by atoms with Gasteiger partial charge in [0.15, 0.2) is 6.61 Å². The van der Waals surface area contributed by atoms with E-state index in [-0.39, 0.29) is 12.5 Å². The Bertz CT molecular complexity index is 607. The van der Waals surface area contributed by atoms with E-state index in [0.29, 0.717) is 17.9 Å². The lowest BCUT2D eigenvalue weighted by Crippen LogP contribution is -2.30. The fourth-order valence-electron chi connectivity index (χ4n) is 1.63. The van der Waals surface area contributed by atoms with Gasteiger partial charge < -0.3 is 14.1 Å². The number of hydrogen-bond acceptors (Lipinski definition) is 4. The van der Waals surface area contributed by atoms with Crippen molar-refractivity contribution in [2.75, 3.05) is 13.7 Å². The number of amides is 1. The summed E-state index contributed by atoms with van der Waals surface area (Å²) in [6, 6.07) is 10.3. The molecule has 0 saturated carbocycles. The van der Waals surface area contributed by atoms with Crippen LogP contribution in [0, 0.1) is 0 Å². The highest BCUT2D eigenvalue weighted by atomic mass is 79.9. The fourth-order valence-corrected chi connectivity index (χ4v) is 1.90. The highest BCUT2D eigenvalue weighted by molar-refractivity contribution is 9.10. The van der Waals surface area contributed by atoms with Gasteiger partial charge in [-0.3, -0.25) is 4.79 Å². The number of esters is 1. The Kier molecular flexibility index (Phi) is 5.16. The summed E-state index contributed by atoms with van der Waals surface area (Å²) in [5, 5.41) is 0. The van der Waals surface area contributed by atoms with Crippen LogP contribution >= 0.6 is 15.9 Å². The van der Waals surface area contributed by atoms with Crippen LogP contribution in [0.5, 0.6) is 0 Å². The second-order valence-electron chi connectivity index (χ2n) is 4.41. The monoisotopic (exact) mass is 351 g/mol. The first-order valence-corrected chi connectivity index (χ1v) is 7.04. The van der Waals surface area contributed by atoms with E-state index in [0.717, 1.165) is 4.47 Å². The second-order valence-corrected chi connectivity index (χ2v) is 5.33. The van der Waals surface area contributed by atoms with Gasteiger partial charge in [0.25, 0.3) is 5.91 Å². The number of benzene rings is 1. The number of carbonyl (C=O) groups excluding carboxylic acids is 2. The van der Waals surface area contributed by atoms with Crippen molar-refractivity contribution in [3.8, 4) is 0 Å². The van der Waals surface area contributed by atoms with Crippen molar-refractivity contribution in [3.63, 3.8) is 0 Å². The van der Waals surface area contributed by atoms with Crippen molar-refractivity contribution >= 4 is 27.8 Å². The average Bonchev–Trinajstić information content (AvgIpc) is 2.98. The number of nitrogens with zero attached hydrogens (tertiary/aromatic N) is 1. The molecule has 110 valence electrons. The Morgan fingerprint density at radius 3 is 2.57 bits per heavy atom. The molecule has 2 aromatic rings. The van der Waals surface area contributed by atoms with Crippen LogP contribution in [-0.2, 0) is 16.1 Å². The van der Waals surface area contributed by atoms with E-state index in [1.165, 1.54) is 4.90 Å².